The summed E-state index contributed by atoms with van der Waals surface area (Å²) in [6.07, 6.45) is 0. The van der Waals surface area contributed by atoms with Crippen molar-refractivity contribution in [3.8, 4) is 11.1 Å². The van der Waals surface area contributed by atoms with Gasteiger partial charge in [0, 0.05) is 55.4 Å². The van der Waals surface area contributed by atoms with Crippen molar-refractivity contribution in [2.75, 3.05) is 9.80 Å². The molecule has 220 valence electrons. The van der Waals surface area contributed by atoms with Crippen molar-refractivity contribution in [1.29, 1.82) is 0 Å². The van der Waals surface area contributed by atoms with Crippen LogP contribution in [0.25, 0.3) is 33.1 Å². The average molecular weight is 658 g/mol. The third kappa shape index (κ3) is 5.33. The highest BCUT2D eigenvalue weighted by atomic mass is 79.9. The van der Waals surface area contributed by atoms with Gasteiger partial charge in [-0.15, -0.1) is 0 Å². The zero-order valence-electron chi connectivity index (χ0n) is 24.9. The summed E-state index contributed by atoms with van der Waals surface area (Å²) in [6.45, 7) is 0. The van der Waals surface area contributed by atoms with E-state index in [-0.39, 0.29) is 0 Å². The molecule has 1 aromatic heterocycles. The number of furan rings is 1. The Balaban J connectivity index is 1.27. The quantitative estimate of drug-likeness (QED) is 0.170. The first-order valence-corrected chi connectivity index (χ1v) is 16.1. The van der Waals surface area contributed by atoms with Gasteiger partial charge in [0.05, 0.1) is 0 Å². The number of nitrogens with zero attached hydrogens (tertiary/aromatic N) is 2. The molecule has 46 heavy (non-hydrogen) atoms. The fourth-order valence-electron chi connectivity index (χ4n) is 6.16. The van der Waals surface area contributed by atoms with Gasteiger partial charge in [-0.3, -0.25) is 0 Å². The molecule has 8 rings (SSSR count). The molecule has 0 atom stereocenters. The summed E-state index contributed by atoms with van der Waals surface area (Å²) in [4.78, 5) is 4.56. The molecule has 0 spiro atoms. The Hall–Kier alpha value is -5.58. The van der Waals surface area contributed by atoms with Crippen molar-refractivity contribution in [2.45, 2.75) is 0 Å². The Morgan fingerprint density at radius 3 is 1.35 bits per heavy atom. The molecule has 0 aliphatic heterocycles. The molecule has 0 radical (unpaired) electrons. The van der Waals surface area contributed by atoms with Crippen LogP contribution in [0, 0.1) is 0 Å². The van der Waals surface area contributed by atoms with Crippen LogP contribution < -0.4 is 9.80 Å². The number of halogens is 1. The summed E-state index contributed by atoms with van der Waals surface area (Å²) in [5, 5.41) is 2.21. The van der Waals surface area contributed by atoms with Crippen LogP contribution in [0.15, 0.2) is 185 Å². The summed E-state index contributed by atoms with van der Waals surface area (Å²) in [7, 11) is 0. The maximum Gasteiger partial charge on any atom is 0.137 e. The first kappa shape index (κ1) is 27.9. The largest absolute Gasteiger partial charge is 0.456 e. The topological polar surface area (TPSA) is 19.6 Å². The summed E-state index contributed by atoms with van der Waals surface area (Å²) in [5.74, 6) is 0. The van der Waals surface area contributed by atoms with E-state index in [9.17, 15) is 0 Å². The maximum atomic E-state index is 6.53. The van der Waals surface area contributed by atoms with Gasteiger partial charge in [0.1, 0.15) is 11.2 Å². The van der Waals surface area contributed by atoms with Gasteiger partial charge in [-0.05, 0) is 90.0 Å². The smallest absolute Gasteiger partial charge is 0.137 e. The van der Waals surface area contributed by atoms with Gasteiger partial charge >= 0.3 is 0 Å². The fraction of sp³-hybridized carbons (Fsp3) is 0. The van der Waals surface area contributed by atoms with Crippen LogP contribution in [-0.2, 0) is 0 Å². The minimum absolute atomic E-state index is 0.851. The maximum absolute atomic E-state index is 6.53. The molecule has 0 aliphatic rings. The molecular weight excluding hydrogens is 628 g/mol. The van der Waals surface area contributed by atoms with Gasteiger partial charge in [-0.2, -0.15) is 0 Å². The third-order valence-corrected chi connectivity index (χ3v) is 8.71. The highest BCUT2D eigenvalue weighted by molar-refractivity contribution is 9.10. The van der Waals surface area contributed by atoms with Crippen LogP contribution in [0.1, 0.15) is 0 Å². The van der Waals surface area contributed by atoms with Crippen molar-refractivity contribution in [1.82, 2.24) is 0 Å². The number of hydrogen-bond donors (Lipinski definition) is 0. The molecule has 0 fully saturated rings. The van der Waals surface area contributed by atoms with Crippen molar-refractivity contribution in [3.05, 3.63) is 180 Å². The second-order valence-electron chi connectivity index (χ2n) is 11.2. The van der Waals surface area contributed by atoms with Crippen LogP contribution in [-0.4, -0.2) is 0 Å². The third-order valence-electron chi connectivity index (χ3n) is 8.25. The van der Waals surface area contributed by atoms with E-state index in [0.29, 0.717) is 0 Å². The first-order valence-electron chi connectivity index (χ1n) is 15.3. The van der Waals surface area contributed by atoms with E-state index in [2.05, 4.69) is 177 Å². The first-order chi connectivity index (χ1) is 22.7. The molecule has 7 aromatic carbocycles. The van der Waals surface area contributed by atoms with E-state index in [4.69, 9.17) is 4.42 Å². The van der Waals surface area contributed by atoms with E-state index < -0.39 is 0 Å². The molecule has 3 nitrogen and oxygen atoms in total. The summed E-state index contributed by atoms with van der Waals surface area (Å²) >= 11 is 3.86. The molecule has 0 saturated carbocycles. The van der Waals surface area contributed by atoms with Gasteiger partial charge < -0.3 is 14.2 Å². The second-order valence-corrected chi connectivity index (χ2v) is 12.1. The number of benzene rings is 7. The number of anilines is 6. The van der Waals surface area contributed by atoms with Gasteiger partial charge in [0.25, 0.3) is 0 Å². The molecule has 0 aliphatic carbocycles. The summed E-state index contributed by atoms with van der Waals surface area (Å²) in [5.41, 5.74) is 10.3. The zero-order chi connectivity index (χ0) is 30.9. The Kier molecular flexibility index (Phi) is 7.33. The van der Waals surface area contributed by atoms with Gasteiger partial charge in [0.15, 0.2) is 0 Å². The van der Waals surface area contributed by atoms with E-state index in [0.717, 1.165) is 66.1 Å². The van der Waals surface area contributed by atoms with E-state index in [1.807, 2.05) is 24.3 Å². The number of para-hydroxylation sites is 3. The second kappa shape index (κ2) is 12.1. The minimum Gasteiger partial charge on any atom is -0.456 e. The Morgan fingerprint density at radius 1 is 0.348 bits per heavy atom. The standard InChI is InChI=1S/C42H29BrN2O/c43-32-26-37(44(33-15-7-2-8-16-33)34-17-9-3-10-18-34)28-38(27-32)45(35-19-11-4-12-20-35)36-22-24-40-39-23-21-31(30-13-5-1-6-14-30)25-41(39)46-42(40)29-36/h1-29H. The fourth-order valence-corrected chi connectivity index (χ4v) is 6.63. The van der Waals surface area contributed by atoms with Gasteiger partial charge in [-0.25, -0.2) is 0 Å². The lowest BCUT2D eigenvalue weighted by atomic mass is 10.0. The molecule has 0 unspecified atom stereocenters. The number of rotatable bonds is 7. The Morgan fingerprint density at radius 2 is 0.804 bits per heavy atom. The molecule has 8 aromatic rings. The SMILES string of the molecule is Brc1cc(N(c2ccccc2)c2ccccc2)cc(N(c2ccccc2)c2ccc3c(c2)oc2cc(-c4ccccc4)ccc23)c1. The van der Waals surface area contributed by atoms with Crippen LogP contribution in [0.3, 0.4) is 0 Å². The normalized spacial score (nSPS) is 11.2. The molecule has 0 amide bonds. The van der Waals surface area contributed by atoms with Gasteiger partial charge in [0.2, 0.25) is 0 Å². The lowest BCUT2D eigenvalue weighted by molar-refractivity contribution is 0.669. The van der Waals surface area contributed by atoms with Crippen LogP contribution in [0.2, 0.25) is 0 Å². The predicted molar refractivity (Wildman–Crippen MR) is 196 cm³/mol. The lowest BCUT2D eigenvalue weighted by Crippen LogP contribution is -2.13. The molecule has 0 N–H and O–H groups in total. The van der Waals surface area contributed by atoms with Crippen LogP contribution >= 0.6 is 15.9 Å². The number of fused-ring (bicyclic) bond motifs is 3. The van der Waals surface area contributed by atoms with Crippen molar-refractivity contribution in [3.63, 3.8) is 0 Å². The number of hydrogen-bond acceptors (Lipinski definition) is 3. The predicted octanol–water partition coefficient (Wildman–Crippen LogP) is 13.0. The lowest BCUT2D eigenvalue weighted by Gasteiger charge is -2.29. The molecule has 1 heterocycles. The monoisotopic (exact) mass is 656 g/mol. The van der Waals surface area contributed by atoms with E-state index in [1.54, 1.807) is 0 Å². The van der Waals surface area contributed by atoms with E-state index in [1.165, 1.54) is 5.56 Å². The average Bonchev–Trinajstić information content (AvgIpc) is 3.47. The van der Waals surface area contributed by atoms with Crippen molar-refractivity contribution < 1.29 is 4.42 Å². The molecule has 0 bridgehead atoms. The highest BCUT2D eigenvalue weighted by Gasteiger charge is 2.19. The van der Waals surface area contributed by atoms with Crippen molar-refractivity contribution >= 4 is 72.0 Å². The zero-order valence-corrected chi connectivity index (χ0v) is 26.5. The molecule has 4 heteroatoms. The highest BCUT2D eigenvalue weighted by Crippen LogP contribution is 2.43. The molecular formula is C42H29BrN2O. The molecule has 0 saturated heterocycles. The Bertz CT molecular complexity index is 2230. The minimum atomic E-state index is 0.851. The van der Waals surface area contributed by atoms with Crippen LogP contribution in [0.4, 0.5) is 34.1 Å². The van der Waals surface area contributed by atoms with E-state index >= 15 is 0 Å². The Labute approximate surface area is 276 Å². The summed E-state index contributed by atoms with van der Waals surface area (Å²) in [6, 6.07) is 61.4. The summed E-state index contributed by atoms with van der Waals surface area (Å²) < 4.78 is 7.52. The van der Waals surface area contributed by atoms with Crippen molar-refractivity contribution in [2.24, 2.45) is 0 Å². The van der Waals surface area contributed by atoms with Crippen LogP contribution in [0.5, 0.6) is 0 Å². The van der Waals surface area contributed by atoms with Gasteiger partial charge in [-0.1, -0.05) is 107 Å².